The second kappa shape index (κ2) is 50.2. The molecular weight excluding hydrogens is 1850 g/mol. The van der Waals surface area contributed by atoms with Crippen LogP contribution in [0.2, 0.25) is 0 Å². The van der Waals surface area contributed by atoms with Crippen molar-refractivity contribution in [3.63, 3.8) is 0 Å². The molecule has 14 saturated heterocycles. The topological polar surface area (TPSA) is 260 Å². The number of hydrogen-bond acceptors (Lipinski definition) is 20. The van der Waals surface area contributed by atoms with E-state index in [1.54, 1.807) is 47.1 Å². The molecule has 0 aliphatic carbocycles. The number of halogens is 2. The fraction of sp³-hybridized carbons (Fsp3) is 0.578. The van der Waals surface area contributed by atoms with Gasteiger partial charge in [0.25, 0.3) is 0 Å². The third-order valence-electron chi connectivity index (χ3n) is 30.1. The standard InChI is InChI=1S/C25H36N2O3S.C22H27NO3S.2C20H24N2O2.C9H22OS.C5H15NOS.C4H8O.C4H9.2ClH.Mg/c1-7-17-16-27-13-11-18(17)14-23(27)24(30-31(6,28)25(2,3)4)20-10-12-26-22-9-8-19(29-5)15-21(20)22;1-4-15-14-23-11-10-17(15)12-21(23)22(26-27(23,3)24)19-7-5-6-16-8-9-18(25-2)13-20(16)19;2*1-3-13-12-22-9-7-14(13)10-19(22)20(23)16-6-8-21-18-5-4-15(24-2)11-17(16)18;1-8(2)7-11(6,10)9(3,4)5;1-5(2,3)8(4,6)7;1-2-4-5-3-1;1-4(2)3;;;/h7-10,12,15,17-18,23-24,28H,1,11,13-14,16H2,2-6H3;4-9,13,15,17,21-22H,1,10-12,14H2,2-3H3;2*3-6,8,11,13-14,19-20,23H,1,7,9-10,12H2,2H3;8,10H,7H2,1-6H3;7H,6H2,1-4H3;1-4H2;1-3H3;2*1H;/q;;;;;;;-1;;;+2/p-1/t17?,18?,23?,24-;;2*13?,14?,19?,20-;;;;;;;/m1.11......./s1. The maximum Gasteiger partial charge on any atom is 2.00 e. The number of piperidine rings is 12. The van der Waals surface area contributed by atoms with E-state index in [0.717, 1.165) is 180 Å². The van der Waals surface area contributed by atoms with Gasteiger partial charge in [0.2, 0.25) is 0 Å². The van der Waals surface area contributed by atoms with E-state index in [4.69, 9.17) is 37.2 Å². The average Bonchev–Trinajstić information content (AvgIpc) is 1.54. The molecule has 5 aromatic carbocycles. The Hall–Kier alpha value is -5.06. The summed E-state index contributed by atoms with van der Waals surface area (Å²) in [5.74, 6) is 10.9. The molecule has 760 valence electrons. The van der Waals surface area contributed by atoms with E-state index in [2.05, 4.69) is 172 Å². The van der Waals surface area contributed by atoms with Crippen molar-refractivity contribution in [3.8, 4) is 23.0 Å². The number of pyridine rings is 3. The number of aliphatic hydroxyl groups is 2. The molecule has 14 fully saturated rings. The van der Waals surface area contributed by atoms with Crippen molar-refractivity contribution in [2.24, 2.45) is 58.4 Å². The van der Waals surface area contributed by atoms with Gasteiger partial charge in [-0.2, -0.15) is 31.4 Å². The van der Waals surface area contributed by atoms with Crippen LogP contribution < -0.4 is 48.9 Å². The number of benzene rings is 5. The Bertz CT molecular complexity index is 5070. The molecule has 14 aliphatic rings. The van der Waals surface area contributed by atoms with Gasteiger partial charge in [-0.3, -0.25) is 48.1 Å². The van der Waals surface area contributed by atoms with Crippen LogP contribution in [0, 0.1) is 59.2 Å². The van der Waals surface area contributed by atoms with Crippen LogP contribution in [0.15, 0.2) is 178 Å². The van der Waals surface area contributed by atoms with Crippen molar-refractivity contribution < 1.29 is 89.2 Å². The number of fused-ring (bicyclic) bond motifs is 15. The molecule has 1 spiro atoms. The monoisotopic (exact) mass is 2020 g/mol. The maximum atomic E-state index is 11.5. The number of hydrogen-bond donors (Lipinski definition) is 7. The summed E-state index contributed by atoms with van der Waals surface area (Å²) in [7, 11) is -1.03. The molecule has 8 bridgehead atoms. The molecule has 22 rings (SSSR count). The van der Waals surface area contributed by atoms with Crippen molar-refractivity contribution in [2.45, 2.75) is 224 Å². The molecule has 14 aliphatic heterocycles. The fourth-order valence-electron chi connectivity index (χ4n) is 20.9. The fourth-order valence-corrected chi connectivity index (χ4v) is 26.0. The van der Waals surface area contributed by atoms with E-state index in [1.165, 1.54) is 54.4 Å². The zero-order valence-corrected chi connectivity index (χ0v) is 92.5. The molecule has 0 saturated carbocycles. The minimum atomic E-state index is -2.31. The van der Waals surface area contributed by atoms with Crippen molar-refractivity contribution in [1.29, 1.82) is 0 Å². The number of rotatable bonds is 19. The average molecular weight is 2020 g/mol. The van der Waals surface area contributed by atoms with Gasteiger partial charge in [0.05, 0.1) is 68.2 Å². The third-order valence-corrected chi connectivity index (χ3v) is 41.9. The van der Waals surface area contributed by atoms with Crippen LogP contribution in [0.4, 0.5) is 0 Å². The molecular formula is C109H166Cl2MgN8O13S4. The minimum absolute atomic E-state index is 0. The quantitative estimate of drug-likeness (QED) is 0.0172. The summed E-state index contributed by atoms with van der Waals surface area (Å²) in [5.41, 5.74) is 6.87. The zero-order valence-electron chi connectivity index (χ0n) is 86.3. The van der Waals surface area contributed by atoms with Crippen LogP contribution in [-0.4, -0.2) is 248 Å². The molecule has 3 aromatic heterocycles. The second-order valence-corrected chi connectivity index (χ2v) is 55.0. The summed E-state index contributed by atoms with van der Waals surface area (Å²) in [5, 5.41) is 33.1. The SMILES string of the molecule is C1CCOC1.C=CC1CN2CCC1CC2[C@H](O)c1ccnc2ccc(OC)cc12.C=CC1CN2CCC1CC2[C@H](O)c1ccnc2ccc(OC)cc12.C=CC1CN2CCC1CC2[C@H](OS(C)(O)C(C)(C)C)c1ccnc2ccc(OC)cc12.C=CC1C[N+]23CCC1CC2C(c1cccc2ccc(OC)cc12)OS3(C)O.CC(C)(C)S(C)(N)O.CC(C)CS(C)(O)C(C)(C)C.C[C-](C)C.[Cl-].[Cl-].[Mg+2]. The van der Waals surface area contributed by atoms with Crippen LogP contribution in [-0.2, 0) is 13.1 Å². The molecule has 0 radical (unpaired) electrons. The molecule has 24 atom stereocenters. The zero-order chi connectivity index (χ0) is 98.0. The molecule has 28 heteroatoms. The van der Waals surface area contributed by atoms with Gasteiger partial charge in [-0.15, -0.1) is 36.6 Å². The molecule has 8 aromatic rings. The number of quaternary nitrogens is 1. The minimum Gasteiger partial charge on any atom is -1.00 e. The summed E-state index contributed by atoms with van der Waals surface area (Å²) in [4.78, 5) is 20.8. The second-order valence-electron chi connectivity index (χ2n) is 42.8. The van der Waals surface area contributed by atoms with E-state index in [1.807, 2.05) is 139 Å². The van der Waals surface area contributed by atoms with Gasteiger partial charge in [0.15, 0.2) is 6.10 Å². The van der Waals surface area contributed by atoms with Gasteiger partial charge in [0, 0.05) is 132 Å². The van der Waals surface area contributed by atoms with Gasteiger partial charge in [-0.05, 0) is 284 Å². The predicted octanol–water partition coefficient (Wildman–Crippen LogP) is 18.2. The predicted molar refractivity (Wildman–Crippen MR) is 572 cm³/mol. The number of nitrogens with zero attached hydrogens (tertiary/aromatic N) is 7. The Morgan fingerprint density at radius 1 is 0.540 bits per heavy atom. The van der Waals surface area contributed by atoms with Gasteiger partial charge in [-0.1, -0.05) is 104 Å². The van der Waals surface area contributed by atoms with Crippen molar-refractivity contribution in [2.75, 3.05) is 125 Å². The van der Waals surface area contributed by atoms with Gasteiger partial charge in [0.1, 0.15) is 48.2 Å². The summed E-state index contributed by atoms with van der Waals surface area (Å²) in [6.45, 7) is 55.2. The molecule has 137 heavy (non-hydrogen) atoms. The number of aromatic nitrogens is 3. The number of aliphatic hydroxyl groups excluding tert-OH is 2. The molecule has 0 amide bonds. The van der Waals surface area contributed by atoms with E-state index >= 15 is 0 Å². The first-order valence-corrected chi connectivity index (χ1v) is 56.5. The van der Waals surface area contributed by atoms with Crippen molar-refractivity contribution in [1.82, 2.24) is 29.7 Å². The first-order chi connectivity index (χ1) is 63.2. The van der Waals surface area contributed by atoms with Crippen LogP contribution in [0.25, 0.3) is 43.5 Å². The van der Waals surface area contributed by atoms with Crippen LogP contribution in [0.1, 0.15) is 208 Å². The normalized spacial score (nSPS) is 30.0. The molecule has 17 heterocycles. The Labute approximate surface area is 857 Å². The first-order valence-electron chi connectivity index (χ1n) is 48.5. The number of nitrogens with two attached hydrogens (primary N) is 1. The first kappa shape index (κ1) is 117. The molecule has 21 unspecified atom stereocenters. The van der Waals surface area contributed by atoms with Gasteiger partial charge >= 0.3 is 23.1 Å². The summed E-state index contributed by atoms with van der Waals surface area (Å²) in [6, 6.07) is 37.1. The third kappa shape index (κ3) is 28.0. The number of methoxy groups -OCH3 is 4. The van der Waals surface area contributed by atoms with Gasteiger partial charge in [-0.25, -0.2) is 8.07 Å². The van der Waals surface area contributed by atoms with Crippen LogP contribution >= 0.6 is 42.2 Å². The largest absolute Gasteiger partial charge is 2.00 e. The Morgan fingerprint density at radius 3 is 1.26 bits per heavy atom. The van der Waals surface area contributed by atoms with Crippen molar-refractivity contribution >= 4 is 109 Å². The van der Waals surface area contributed by atoms with Crippen LogP contribution in [0.5, 0.6) is 23.0 Å². The maximum absolute atomic E-state index is 11.5. The summed E-state index contributed by atoms with van der Waals surface area (Å²) < 4.78 is 82.4. The van der Waals surface area contributed by atoms with E-state index in [-0.39, 0.29) is 92.4 Å². The smallest absolute Gasteiger partial charge is 1.00 e. The van der Waals surface area contributed by atoms with Crippen LogP contribution in [0.3, 0.4) is 0 Å². The Balaban J connectivity index is 0.000000204. The van der Waals surface area contributed by atoms with E-state index < -0.39 is 54.4 Å². The molecule has 8 N–H and O–H groups in total. The Morgan fingerprint density at radius 2 is 0.920 bits per heavy atom. The summed E-state index contributed by atoms with van der Waals surface area (Å²) in [6.07, 6.45) is 31.6. The Kier molecular flexibility index (Phi) is 42.9. The molecule has 21 nitrogen and oxygen atoms in total. The van der Waals surface area contributed by atoms with Crippen molar-refractivity contribution in [3.05, 3.63) is 207 Å². The van der Waals surface area contributed by atoms with E-state index in [0.29, 0.717) is 59.3 Å². The summed E-state index contributed by atoms with van der Waals surface area (Å²) >= 11 is 0. The number of ether oxygens (including phenoxy) is 5. The van der Waals surface area contributed by atoms with E-state index in [9.17, 15) is 28.4 Å². The van der Waals surface area contributed by atoms with Gasteiger partial charge < -0.3 is 73.7 Å².